The molecule has 0 heterocycles. The van der Waals surface area contributed by atoms with Crippen LogP contribution in [0.4, 0.5) is 0 Å². The van der Waals surface area contributed by atoms with Crippen LogP contribution in [0.2, 0.25) is 0 Å². The lowest BCUT2D eigenvalue weighted by atomic mass is 9.81. The predicted molar refractivity (Wildman–Crippen MR) is 74.8 cm³/mol. The minimum absolute atomic E-state index is 0.387. The van der Waals surface area contributed by atoms with Crippen molar-refractivity contribution >= 4 is 0 Å². The highest BCUT2D eigenvalue weighted by molar-refractivity contribution is 4.79. The summed E-state index contributed by atoms with van der Waals surface area (Å²) in [6.07, 6.45) is 8.22. The second-order valence-corrected chi connectivity index (χ2v) is 6.20. The molecule has 1 heteroatoms. The van der Waals surface area contributed by atoms with Gasteiger partial charge in [-0.3, -0.25) is 0 Å². The molecule has 0 fully saturated rings. The Balaban J connectivity index is 3.98. The molecular formula is C15H33N. The summed E-state index contributed by atoms with van der Waals surface area (Å²) in [6, 6.07) is 0.656. The van der Waals surface area contributed by atoms with Crippen molar-refractivity contribution in [2.24, 2.45) is 11.3 Å². The average Bonchev–Trinajstić information content (AvgIpc) is 2.21. The summed E-state index contributed by atoms with van der Waals surface area (Å²) in [5, 5.41) is 3.48. The van der Waals surface area contributed by atoms with Crippen molar-refractivity contribution in [1.82, 2.24) is 5.32 Å². The number of rotatable bonds is 8. The molecule has 2 atom stereocenters. The highest BCUT2D eigenvalue weighted by Crippen LogP contribution is 2.26. The van der Waals surface area contributed by atoms with E-state index < -0.39 is 0 Å². The van der Waals surface area contributed by atoms with Crippen LogP contribution in [0.1, 0.15) is 73.1 Å². The van der Waals surface area contributed by atoms with Crippen LogP contribution in [0.25, 0.3) is 0 Å². The third kappa shape index (κ3) is 6.52. The van der Waals surface area contributed by atoms with Gasteiger partial charge in [0.05, 0.1) is 0 Å². The Morgan fingerprint density at radius 3 is 2.00 bits per heavy atom. The van der Waals surface area contributed by atoms with E-state index in [1.54, 1.807) is 0 Å². The Morgan fingerprint density at radius 2 is 1.62 bits per heavy atom. The molecule has 0 aliphatic heterocycles. The number of unbranched alkanes of at least 4 members (excludes halogenated alkanes) is 1. The van der Waals surface area contributed by atoms with E-state index in [0.29, 0.717) is 11.5 Å². The Hall–Kier alpha value is -0.0400. The lowest BCUT2D eigenvalue weighted by molar-refractivity contribution is 0.245. The Bertz CT molecular complexity index is 157. The molecule has 0 amide bonds. The molecule has 0 aliphatic rings. The molecule has 2 unspecified atom stereocenters. The van der Waals surface area contributed by atoms with Crippen LogP contribution in [0, 0.1) is 11.3 Å². The summed E-state index contributed by atoms with van der Waals surface area (Å²) in [6.45, 7) is 11.6. The normalized spacial score (nSPS) is 16.1. The minimum Gasteiger partial charge on any atom is -0.316 e. The summed E-state index contributed by atoms with van der Waals surface area (Å²) in [5.41, 5.74) is 0.387. The molecule has 1 nitrogen and oxygen atoms in total. The Labute approximate surface area is 103 Å². The van der Waals surface area contributed by atoms with Crippen LogP contribution in [0.5, 0.6) is 0 Å². The summed E-state index contributed by atoms with van der Waals surface area (Å²) in [5.74, 6) is 0.943. The first kappa shape index (κ1) is 16.0. The quantitative estimate of drug-likeness (QED) is 0.638. The second kappa shape index (κ2) is 8.11. The van der Waals surface area contributed by atoms with Crippen molar-refractivity contribution in [3.8, 4) is 0 Å². The summed E-state index contributed by atoms with van der Waals surface area (Å²) in [4.78, 5) is 0. The zero-order chi connectivity index (χ0) is 12.6. The predicted octanol–water partition coefficient (Wildman–Crippen LogP) is 4.62. The van der Waals surface area contributed by atoms with Crippen LogP contribution in [0.15, 0.2) is 0 Å². The van der Waals surface area contributed by atoms with Crippen LogP contribution in [-0.2, 0) is 0 Å². The van der Waals surface area contributed by atoms with E-state index in [2.05, 4.69) is 47.0 Å². The van der Waals surface area contributed by atoms with E-state index in [9.17, 15) is 0 Å². The molecular weight excluding hydrogens is 194 g/mol. The number of nitrogens with one attached hydrogen (secondary N) is 1. The van der Waals surface area contributed by atoms with E-state index >= 15 is 0 Å². The van der Waals surface area contributed by atoms with Crippen LogP contribution >= 0.6 is 0 Å². The van der Waals surface area contributed by atoms with Crippen LogP contribution < -0.4 is 5.32 Å². The third-order valence-electron chi connectivity index (χ3n) is 3.80. The largest absolute Gasteiger partial charge is 0.316 e. The van der Waals surface area contributed by atoms with Gasteiger partial charge in [0.1, 0.15) is 0 Å². The zero-order valence-electron chi connectivity index (χ0n) is 12.4. The first-order valence-electron chi connectivity index (χ1n) is 7.12. The van der Waals surface area contributed by atoms with Gasteiger partial charge in [0, 0.05) is 6.04 Å². The summed E-state index contributed by atoms with van der Waals surface area (Å²) in [7, 11) is 2.10. The molecule has 0 aliphatic carbocycles. The molecule has 1 N–H and O–H groups in total. The maximum Gasteiger partial charge on any atom is 0.0113 e. The lowest BCUT2D eigenvalue weighted by Gasteiger charge is -2.31. The monoisotopic (exact) mass is 227 g/mol. The fourth-order valence-electron chi connectivity index (χ4n) is 2.46. The molecule has 0 aromatic carbocycles. The average molecular weight is 227 g/mol. The van der Waals surface area contributed by atoms with Gasteiger partial charge in [0.15, 0.2) is 0 Å². The lowest BCUT2D eigenvalue weighted by Crippen LogP contribution is -2.38. The highest BCUT2D eigenvalue weighted by Gasteiger charge is 2.23. The first-order chi connectivity index (χ1) is 7.45. The molecule has 0 radical (unpaired) electrons. The van der Waals surface area contributed by atoms with Crippen molar-refractivity contribution < 1.29 is 0 Å². The van der Waals surface area contributed by atoms with Crippen LogP contribution in [-0.4, -0.2) is 13.1 Å². The van der Waals surface area contributed by atoms with Gasteiger partial charge in [-0.05, 0) is 31.2 Å². The Morgan fingerprint density at radius 1 is 1.00 bits per heavy atom. The van der Waals surface area contributed by atoms with Crippen molar-refractivity contribution in [3.05, 3.63) is 0 Å². The van der Waals surface area contributed by atoms with E-state index in [-0.39, 0.29) is 0 Å². The van der Waals surface area contributed by atoms with Gasteiger partial charge in [-0.1, -0.05) is 60.3 Å². The molecule has 98 valence electrons. The third-order valence-corrected chi connectivity index (χ3v) is 3.80. The van der Waals surface area contributed by atoms with Gasteiger partial charge in [-0.15, -0.1) is 0 Å². The van der Waals surface area contributed by atoms with E-state index in [1.807, 2.05) is 0 Å². The summed E-state index contributed by atoms with van der Waals surface area (Å²) >= 11 is 0. The summed E-state index contributed by atoms with van der Waals surface area (Å²) < 4.78 is 0. The first-order valence-corrected chi connectivity index (χ1v) is 7.12. The second-order valence-electron chi connectivity index (χ2n) is 6.20. The van der Waals surface area contributed by atoms with Gasteiger partial charge < -0.3 is 5.32 Å². The molecule has 0 aromatic rings. The fraction of sp³-hybridized carbons (Fsp3) is 1.00. The van der Waals surface area contributed by atoms with E-state index in [0.717, 1.165) is 5.92 Å². The molecule has 0 bridgehead atoms. The molecule has 16 heavy (non-hydrogen) atoms. The standard InChI is InChI=1S/C15H33N/c1-7-9-10-13(8-2)11-12-14(16-6)15(3,4)5/h13-14,16H,7-12H2,1-6H3. The van der Waals surface area contributed by atoms with Gasteiger partial charge in [0.25, 0.3) is 0 Å². The van der Waals surface area contributed by atoms with Gasteiger partial charge in [-0.25, -0.2) is 0 Å². The van der Waals surface area contributed by atoms with Crippen molar-refractivity contribution in [1.29, 1.82) is 0 Å². The molecule has 0 saturated heterocycles. The minimum atomic E-state index is 0.387. The van der Waals surface area contributed by atoms with Gasteiger partial charge >= 0.3 is 0 Å². The molecule has 0 saturated carbocycles. The number of hydrogen-bond donors (Lipinski definition) is 1. The van der Waals surface area contributed by atoms with E-state index in [4.69, 9.17) is 0 Å². The molecule has 0 aromatic heterocycles. The van der Waals surface area contributed by atoms with Gasteiger partial charge in [0.2, 0.25) is 0 Å². The fourth-order valence-corrected chi connectivity index (χ4v) is 2.46. The van der Waals surface area contributed by atoms with Gasteiger partial charge in [-0.2, -0.15) is 0 Å². The molecule has 0 spiro atoms. The SMILES string of the molecule is CCCCC(CC)CCC(NC)C(C)(C)C. The number of hydrogen-bond acceptors (Lipinski definition) is 1. The van der Waals surface area contributed by atoms with Crippen molar-refractivity contribution in [3.63, 3.8) is 0 Å². The van der Waals surface area contributed by atoms with Crippen molar-refractivity contribution in [2.75, 3.05) is 7.05 Å². The maximum atomic E-state index is 3.48. The zero-order valence-corrected chi connectivity index (χ0v) is 12.4. The molecule has 0 rings (SSSR count). The maximum absolute atomic E-state index is 3.48. The smallest absolute Gasteiger partial charge is 0.0113 e. The van der Waals surface area contributed by atoms with Crippen LogP contribution in [0.3, 0.4) is 0 Å². The topological polar surface area (TPSA) is 12.0 Å². The van der Waals surface area contributed by atoms with Crippen molar-refractivity contribution in [2.45, 2.75) is 79.2 Å². The van der Waals surface area contributed by atoms with E-state index in [1.165, 1.54) is 38.5 Å². The Kier molecular flexibility index (Phi) is 8.09. The highest BCUT2D eigenvalue weighted by atomic mass is 14.9.